The van der Waals surface area contributed by atoms with Crippen molar-refractivity contribution in [1.29, 1.82) is 0 Å². The Morgan fingerprint density at radius 2 is 1.90 bits per heavy atom. The lowest BCUT2D eigenvalue weighted by molar-refractivity contribution is -0.144. The van der Waals surface area contributed by atoms with Crippen molar-refractivity contribution in [3.63, 3.8) is 0 Å². The van der Waals surface area contributed by atoms with Crippen LogP contribution in [0.2, 0.25) is 5.02 Å². The predicted octanol–water partition coefficient (Wildman–Crippen LogP) is 3.90. The molecule has 8 heteroatoms. The van der Waals surface area contributed by atoms with Crippen LogP contribution in [0, 0.1) is 0 Å². The lowest BCUT2D eigenvalue weighted by Crippen LogP contribution is -2.16. The van der Waals surface area contributed by atoms with E-state index >= 15 is 0 Å². The summed E-state index contributed by atoms with van der Waals surface area (Å²) >= 11 is 6.04. The summed E-state index contributed by atoms with van der Waals surface area (Å²) in [6.07, 6.45) is -4.65. The van der Waals surface area contributed by atoms with Crippen molar-refractivity contribution >= 4 is 23.2 Å². The van der Waals surface area contributed by atoms with Gasteiger partial charge in [0.05, 0.1) is 6.04 Å². The highest BCUT2D eigenvalue weighted by Crippen LogP contribution is 2.29. The highest BCUT2D eigenvalue weighted by atomic mass is 35.5. The van der Waals surface area contributed by atoms with Crippen molar-refractivity contribution in [2.24, 2.45) is 0 Å². The third-order valence-corrected chi connectivity index (χ3v) is 3.08. The Balaban J connectivity index is 2.28. The van der Waals surface area contributed by atoms with Crippen molar-refractivity contribution < 1.29 is 13.2 Å². The molecule has 0 fully saturated rings. The molecule has 1 heterocycles. The average molecular weight is 317 g/mol. The summed E-state index contributed by atoms with van der Waals surface area (Å²) in [7, 11) is 0. The maximum atomic E-state index is 12.6. The van der Waals surface area contributed by atoms with Crippen LogP contribution in [0.25, 0.3) is 0 Å². The molecule has 1 aromatic carbocycles. The number of nitrogens with one attached hydrogen (secondary N) is 1. The molecule has 2 rings (SSSR count). The molecule has 1 unspecified atom stereocenters. The minimum Gasteiger partial charge on any atom is -0.384 e. The van der Waals surface area contributed by atoms with Gasteiger partial charge in [-0.15, -0.1) is 0 Å². The number of aromatic nitrogens is 2. The van der Waals surface area contributed by atoms with Crippen molar-refractivity contribution in [2.45, 2.75) is 19.1 Å². The molecule has 0 radical (unpaired) electrons. The first-order chi connectivity index (χ1) is 9.77. The lowest BCUT2D eigenvalue weighted by atomic mass is 10.1. The van der Waals surface area contributed by atoms with Crippen LogP contribution >= 0.6 is 11.6 Å². The largest absolute Gasteiger partial charge is 0.451 e. The van der Waals surface area contributed by atoms with E-state index in [9.17, 15) is 13.2 Å². The third-order valence-electron chi connectivity index (χ3n) is 2.74. The fourth-order valence-electron chi connectivity index (χ4n) is 1.79. The van der Waals surface area contributed by atoms with Crippen molar-refractivity contribution in [3.05, 3.63) is 46.7 Å². The van der Waals surface area contributed by atoms with E-state index in [1.807, 2.05) is 0 Å². The first kappa shape index (κ1) is 15.4. The van der Waals surface area contributed by atoms with Crippen LogP contribution in [0.15, 0.2) is 30.3 Å². The first-order valence-corrected chi connectivity index (χ1v) is 6.38. The zero-order valence-corrected chi connectivity index (χ0v) is 11.7. The fourth-order valence-corrected chi connectivity index (χ4v) is 2.09. The molecule has 0 saturated heterocycles. The van der Waals surface area contributed by atoms with E-state index < -0.39 is 12.0 Å². The molecule has 1 aromatic heterocycles. The summed E-state index contributed by atoms with van der Waals surface area (Å²) < 4.78 is 37.9. The Morgan fingerprint density at radius 3 is 2.52 bits per heavy atom. The highest BCUT2D eigenvalue weighted by Gasteiger charge is 2.35. The standard InChI is InChI=1S/C13H12ClF3N4/c1-7(8-4-2-3-5-9(8)14)19-11-6-10(18)20-12(21-11)13(15,16)17/h2-7H,1H3,(H3,18,19,20,21). The van der Waals surface area contributed by atoms with Gasteiger partial charge in [-0.1, -0.05) is 29.8 Å². The smallest absolute Gasteiger partial charge is 0.384 e. The number of halogens is 4. The molecule has 21 heavy (non-hydrogen) atoms. The van der Waals surface area contributed by atoms with Gasteiger partial charge in [0, 0.05) is 11.1 Å². The summed E-state index contributed by atoms with van der Waals surface area (Å²) in [6.45, 7) is 1.76. The van der Waals surface area contributed by atoms with E-state index in [0.29, 0.717) is 5.02 Å². The van der Waals surface area contributed by atoms with Gasteiger partial charge in [0.25, 0.3) is 0 Å². The quantitative estimate of drug-likeness (QED) is 0.901. The van der Waals surface area contributed by atoms with Crippen LogP contribution in [0.4, 0.5) is 24.8 Å². The SMILES string of the molecule is CC(Nc1cc(N)nc(C(F)(F)F)n1)c1ccccc1Cl. The number of hydrogen-bond acceptors (Lipinski definition) is 4. The summed E-state index contributed by atoms with van der Waals surface area (Å²) in [5.74, 6) is -1.55. The second-order valence-electron chi connectivity index (χ2n) is 4.39. The van der Waals surface area contributed by atoms with Crippen LogP contribution in [0.5, 0.6) is 0 Å². The second kappa shape index (κ2) is 5.77. The van der Waals surface area contributed by atoms with Crippen molar-refractivity contribution in [1.82, 2.24) is 9.97 Å². The zero-order valence-electron chi connectivity index (χ0n) is 10.9. The van der Waals surface area contributed by atoms with Gasteiger partial charge in [-0.3, -0.25) is 0 Å². The molecular weight excluding hydrogens is 305 g/mol. The molecule has 112 valence electrons. The van der Waals surface area contributed by atoms with E-state index in [2.05, 4.69) is 15.3 Å². The van der Waals surface area contributed by atoms with Crippen molar-refractivity contribution in [2.75, 3.05) is 11.1 Å². The number of benzene rings is 1. The fraction of sp³-hybridized carbons (Fsp3) is 0.231. The molecule has 0 spiro atoms. The molecule has 0 aliphatic heterocycles. The molecule has 0 saturated carbocycles. The van der Waals surface area contributed by atoms with E-state index in [1.165, 1.54) is 6.07 Å². The third kappa shape index (κ3) is 3.75. The van der Waals surface area contributed by atoms with Gasteiger partial charge in [-0.2, -0.15) is 13.2 Å². The van der Waals surface area contributed by atoms with Crippen LogP contribution in [0.3, 0.4) is 0 Å². The molecule has 3 N–H and O–H groups in total. The van der Waals surface area contributed by atoms with Gasteiger partial charge in [0.15, 0.2) is 0 Å². The molecule has 0 aliphatic carbocycles. The van der Waals surface area contributed by atoms with Crippen LogP contribution in [-0.2, 0) is 6.18 Å². The Hall–Kier alpha value is -2.02. The molecule has 0 aliphatic rings. The number of rotatable bonds is 3. The molecule has 2 aromatic rings. The maximum absolute atomic E-state index is 12.6. The Morgan fingerprint density at radius 1 is 1.24 bits per heavy atom. The molecule has 0 bridgehead atoms. The van der Waals surface area contributed by atoms with Gasteiger partial charge in [0.1, 0.15) is 11.6 Å². The minimum absolute atomic E-state index is 0.0118. The topological polar surface area (TPSA) is 63.8 Å². The van der Waals surface area contributed by atoms with Gasteiger partial charge >= 0.3 is 6.18 Å². The van der Waals surface area contributed by atoms with Gasteiger partial charge in [-0.05, 0) is 18.6 Å². The zero-order chi connectivity index (χ0) is 15.6. The Bertz CT molecular complexity index is 646. The molecule has 4 nitrogen and oxygen atoms in total. The van der Waals surface area contributed by atoms with E-state index in [1.54, 1.807) is 31.2 Å². The molecule has 1 atom stereocenters. The monoisotopic (exact) mass is 316 g/mol. The maximum Gasteiger partial charge on any atom is 0.451 e. The predicted molar refractivity (Wildman–Crippen MR) is 74.9 cm³/mol. The normalized spacial score (nSPS) is 13.0. The van der Waals surface area contributed by atoms with E-state index in [-0.39, 0.29) is 17.7 Å². The average Bonchev–Trinajstić information content (AvgIpc) is 2.37. The first-order valence-electron chi connectivity index (χ1n) is 6.00. The second-order valence-corrected chi connectivity index (χ2v) is 4.79. The van der Waals surface area contributed by atoms with Gasteiger partial charge in [0.2, 0.25) is 5.82 Å². The molecule has 0 amide bonds. The van der Waals surface area contributed by atoms with Crippen LogP contribution in [-0.4, -0.2) is 9.97 Å². The Kier molecular flexibility index (Phi) is 4.22. The number of alkyl halides is 3. The highest BCUT2D eigenvalue weighted by molar-refractivity contribution is 6.31. The number of nitrogens with zero attached hydrogens (tertiary/aromatic N) is 2. The van der Waals surface area contributed by atoms with Gasteiger partial charge < -0.3 is 11.1 Å². The molecular formula is C13H12ClF3N4. The minimum atomic E-state index is -4.65. The lowest BCUT2D eigenvalue weighted by Gasteiger charge is -2.17. The van der Waals surface area contributed by atoms with Gasteiger partial charge in [-0.25, -0.2) is 9.97 Å². The van der Waals surface area contributed by atoms with Crippen LogP contribution in [0.1, 0.15) is 24.4 Å². The summed E-state index contributed by atoms with van der Waals surface area (Å²) in [5, 5.41) is 3.35. The summed E-state index contributed by atoms with van der Waals surface area (Å²) in [4.78, 5) is 6.61. The number of hydrogen-bond donors (Lipinski definition) is 2. The van der Waals surface area contributed by atoms with Crippen LogP contribution < -0.4 is 11.1 Å². The van der Waals surface area contributed by atoms with E-state index in [4.69, 9.17) is 17.3 Å². The van der Waals surface area contributed by atoms with Crippen molar-refractivity contribution in [3.8, 4) is 0 Å². The summed E-state index contributed by atoms with van der Waals surface area (Å²) in [5.41, 5.74) is 6.12. The number of anilines is 2. The van der Waals surface area contributed by atoms with E-state index in [0.717, 1.165) is 5.56 Å². The number of nitrogens with two attached hydrogens (primary N) is 1. The number of nitrogen functional groups attached to an aromatic ring is 1. The Labute approximate surface area is 124 Å². The summed E-state index contributed by atoms with van der Waals surface area (Å²) in [6, 6.07) is 7.93.